The molecule has 11 heteroatoms. The van der Waals surface area contributed by atoms with Crippen LogP contribution in [0.15, 0.2) is 60.0 Å². The van der Waals surface area contributed by atoms with Crippen LogP contribution in [0.3, 0.4) is 0 Å². The largest absolute Gasteiger partial charge is 0.573 e. The fourth-order valence-electron chi connectivity index (χ4n) is 2.65. The number of alkyl halides is 3. The van der Waals surface area contributed by atoms with E-state index in [4.69, 9.17) is 16.3 Å². The molecule has 0 saturated carbocycles. The molecule has 2 aromatic carbocycles. The molecule has 0 N–H and O–H groups in total. The Morgan fingerprint density at radius 2 is 1.91 bits per heavy atom. The molecule has 1 amide bonds. The fraction of sp³-hybridized carbons (Fsp3) is 0.136. The highest BCUT2D eigenvalue weighted by molar-refractivity contribution is 7.14. The number of halogens is 4. The van der Waals surface area contributed by atoms with Gasteiger partial charge in [-0.2, -0.15) is 0 Å². The number of rotatable bonds is 7. The van der Waals surface area contributed by atoms with Crippen LogP contribution in [-0.2, 0) is 20.9 Å². The molecule has 0 atom stereocenters. The van der Waals surface area contributed by atoms with Crippen LogP contribution in [0, 0.1) is 0 Å². The maximum atomic E-state index is 12.2. The number of hydrogen-bond donors (Lipinski definition) is 0. The van der Waals surface area contributed by atoms with Crippen LogP contribution in [-0.4, -0.2) is 23.2 Å². The van der Waals surface area contributed by atoms with Crippen molar-refractivity contribution in [2.45, 2.75) is 19.9 Å². The summed E-state index contributed by atoms with van der Waals surface area (Å²) in [6, 6.07) is 11.8. The van der Waals surface area contributed by atoms with E-state index in [1.54, 1.807) is 29.6 Å². The monoisotopic (exact) mass is 496 g/mol. The van der Waals surface area contributed by atoms with Crippen LogP contribution < -0.4 is 9.64 Å². The average Bonchev–Trinajstić information content (AvgIpc) is 3.19. The normalized spacial score (nSPS) is 11.4. The summed E-state index contributed by atoms with van der Waals surface area (Å²) in [5.74, 6) is -1.29. The molecule has 0 bridgehead atoms. The molecule has 0 saturated heterocycles. The first kappa shape index (κ1) is 24.3. The van der Waals surface area contributed by atoms with E-state index in [1.165, 1.54) is 41.4 Å². The molecule has 172 valence electrons. The lowest BCUT2D eigenvalue weighted by atomic mass is 10.2. The Kier molecular flexibility index (Phi) is 7.72. The Morgan fingerprint density at radius 3 is 2.55 bits per heavy atom. The molecule has 0 radical (unpaired) electrons. The van der Waals surface area contributed by atoms with E-state index >= 15 is 0 Å². The van der Waals surface area contributed by atoms with Gasteiger partial charge >= 0.3 is 12.3 Å². The maximum absolute atomic E-state index is 12.2. The Hall–Kier alpha value is -3.37. The number of anilines is 2. The second kappa shape index (κ2) is 10.5. The summed E-state index contributed by atoms with van der Waals surface area (Å²) in [4.78, 5) is 29.8. The van der Waals surface area contributed by atoms with Gasteiger partial charge < -0.3 is 9.47 Å². The van der Waals surface area contributed by atoms with Crippen molar-refractivity contribution in [3.63, 3.8) is 0 Å². The SMILES string of the molecule is CC(=O)N(c1cccc(Cl)c1)c1nc(COC(=O)/C=C/c2ccc(OC(F)(F)F)cc2)cs1. The summed E-state index contributed by atoms with van der Waals surface area (Å²) in [7, 11) is 0. The zero-order chi connectivity index (χ0) is 24.0. The number of carbonyl (C=O) groups is 2. The first-order chi connectivity index (χ1) is 15.6. The molecule has 3 rings (SSSR count). The molecule has 0 aliphatic carbocycles. The van der Waals surface area contributed by atoms with Gasteiger partial charge in [-0.25, -0.2) is 9.78 Å². The van der Waals surface area contributed by atoms with Crippen molar-refractivity contribution in [3.05, 3.63) is 76.3 Å². The molecule has 0 aliphatic rings. The van der Waals surface area contributed by atoms with Crippen LogP contribution in [0.2, 0.25) is 5.02 Å². The number of nitrogens with zero attached hydrogens (tertiary/aromatic N) is 2. The summed E-state index contributed by atoms with van der Waals surface area (Å²) in [5, 5.41) is 2.53. The van der Waals surface area contributed by atoms with Crippen LogP contribution in [0.1, 0.15) is 18.2 Å². The quantitative estimate of drug-likeness (QED) is 0.290. The van der Waals surface area contributed by atoms with E-state index in [9.17, 15) is 22.8 Å². The summed E-state index contributed by atoms with van der Waals surface area (Å²) >= 11 is 7.21. The van der Waals surface area contributed by atoms with Gasteiger partial charge in [-0.1, -0.05) is 29.8 Å². The number of thiazole rings is 1. The smallest absolute Gasteiger partial charge is 0.456 e. The van der Waals surface area contributed by atoms with Gasteiger partial charge in [-0.15, -0.1) is 24.5 Å². The van der Waals surface area contributed by atoms with Gasteiger partial charge in [0.1, 0.15) is 12.4 Å². The van der Waals surface area contributed by atoms with Gasteiger partial charge in [0.25, 0.3) is 0 Å². The van der Waals surface area contributed by atoms with Crippen LogP contribution >= 0.6 is 22.9 Å². The van der Waals surface area contributed by atoms with Crippen molar-refractivity contribution in [2.75, 3.05) is 4.90 Å². The summed E-state index contributed by atoms with van der Waals surface area (Å²) < 4.78 is 45.5. The first-order valence-electron chi connectivity index (χ1n) is 9.32. The van der Waals surface area contributed by atoms with Gasteiger partial charge in [-0.05, 0) is 42.0 Å². The number of hydrogen-bond acceptors (Lipinski definition) is 6. The Balaban J connectivity index is 1.58. The molecule has 1 aromatic heterocycles. The molecule has 0 unspecified atom stereocenters. The zero-order valence-electron chi connectivity index (χ0n) is 17.0. The molecular formula is C22H16ClF3N2O4S. The molecular weight excluding hydrogens is 481 g/mol. The number of benzene rings is 2. The minimum Gasteiger partial charge on any atom is -0.456 e. The van der Waals surface area contributed by atoms with Crippen molar-refractivity contribution in [1.29, 1.82) is 0 Å². The fourth-order valence-corrected chi connectivity index (χ4v) is 3.70. The molecule has 0 spiro atoms. The third kappa shape index (κ3) is 7.33. The number of esters is 1. The van der Waals surface area contributed by atoms with Crippen LogP contribution in [0.4, 0.5) is 24.0 Å². The molecule has 3 aromatic rings. The highest BCUT2D eigenvalue weighted by Crippen LogP contribution is 2.30. The van der Waals surface area contributed by atoms with Gasteiger partial charge in [0.15, 0.2) is 5.13 Å². The van der Waals surface area contributed by atoms with E-state index in [0.29, 0.717) is 27.1 Å². The molecule has 1 heterocycles. The minimum absolute atomic E-state index is 0.126. The van der Waals surface area contributed by atoms with Crippen molar-refractivity contribution >= 4 is 51.7 Å². The van der Waals surface area contributed by atoms with Gasteiger partial charge in [-0.3, -0.25) is 9.69 Å². The second-order valence-electron chi connectivity index (χ2n) is 6.51. The topological polar surface area (TPSA) is 68.7 Å². The summed E-state index contributed by atoms with van der Waals surface area (Å²) in [5.41, 5.74) is 1.48. The Morgan fingerprint density at radius 1 is 1.18 bits per heavy atom. The van der Waals surface area contributed by atoms with Crippen molar-refractivity contribution < 1.29 is 32.2 Å². The van der Waals surface area contributed by atoms with Gasteiger partial charge in [0.2, 0.25) is 5.91 Å². The predicted octanol–water partition coefficient (Wildman–Crippen LogP) is 6.14. The molecule has 0 aliphatic heterocycles. The van der Waals surface area contributed by atoms with Crippen LogP contribution in [0.5, 0.6) is 5.75 Å². The summed E-state index contributed by atoms with van der Waals surface area (Å²) in [6.45, 7) is 1.27. The van der Waals surface area contributed by atoms with Gasteiger partial charge in [0, 0.05) is 23.4 Å². The molecule has 0 fully saturated rings. The molecule has 33 heavy (non-hydrogen) atoms. The highest BCUT2D eigenvalue weighted by atomic mass is 35.5. The average molecular weight is 497 g/mol. The number of carbonyl (C=O) groups excluding carboxylic acids is 2. The lowest BCUT2D eigenvalue weighted by Crippen LogP contribution is -2.22. The van der Waals surface area contributed by atoms with Crippen molar-refractivity contribution in [1.82, 2.24) is 4.98 Å². The molecule has 6 nitrogen and oxygen atoms in total. The third-order valence-corrected chi connectivity index (χ3v) is 5.11. The zero-order valence-corrected chi connectivity index (χ0v) is 18.6. The predicted molar refractivity (Wildman–Crippen MR) is 118 cm³/mol. The Labute approximate surface area is 195 Å². The van der Waals surface area contributed by atoms with E-state index in [1.807, 2.05) is 0 Å². The first-order valence-corrected chi connectivity index (χ1v) is 10.6. The van der Waals surface area contributed by atoms with Crippen molar-refractivity contribution in [3.8, 4) is 5.75 Å². The number of aromatic nitrogens is 1. The van der Waals surface area contributed by atoms with E-state index < -0.39 is 12.3 Å². The van der Waals surface area contributed by atoms with Crippen LogP contribution in [0.25, 0.3) is 6.08 Å². The van der Waals surface area contributed by atoms with E-state index in [2.05, 4.69) is 9.72 Å². The maximum Gasteiger partial charge on any atom is 0.573 e. The van der Waals surface area contributed by atoms with E-state index in [0.717, 1.165) is 18.2 Å². The standard InChI is InChI=1S/C22H16ClF3N2O4S/c1-14(29)28(18-4-2-3-16(23)11-18)21-27-17(13-33-21)12-31-20(30)10-7-15-5-8-19(9-6-15)32-22(24,25)26/h2-11,13H,12H2,1H3/b10-7+. The van der Waals surface area contributed by atoms with Crippen molar-refractivity contribution in [2.24, 2.45) is 0 Å². The van der Waals surface area contributed by atoms with E-state index in [-0.39, 0.29) is 18.3 Å². The second-order valence-corrected chi connectivity index (χ2v) is 7.79. The highest BCUT2D eigenvalue weighted by Gasteiger charge is 2.30. The minimum atomic E-state index is -4.77. The van der Waals surface area contributed by atoms with Gasteiger partial charge in [0.05, 0.1) is 11.4 Å². The number of amides is 1. The lowest BCUT2D eigenvalue weighted by Gasteiger charge is -2.18. The Bertz CT molecular complexity index is 1160. The summed E-state index contributed by atoms with van der Waals surface area (Å²) in [6.07, 6.45) is -2.24. The third-order valence-electron chi connectivity index (χ3n) is 4.00. The number of ether oxygens (including phenoxy) is 2. The lowest BCUT2D eigenvalue weighted by molar-refractivity contribution is -0.274.